The van der Waals surface area contributed by atoms with Crippen molar-refractivity contribution >= 4 is 56.4 Å². The average molecular weight is 484 g/mol. The third kappa shape index (κ3) is 5.11. The first-order chi connectivity index (χ1) is 13.4. The van der Waals surface area contributed by atoms with Gasteiger partial charge in [0.1, 0.15) is 5.65 Å². The normalized spacial score (nSPS) is 11.2. The first-order valence-electron chi connectivity index (χ1n) is 8.51. The van der Waals surface area contributed by atoms with Crippen molar-refractivity contribution in [2.24, 2.45) is 0 Å². The number of halogens is 3. The molecule has 0 saturated carbocycles. The molecule has 0 radical (unpaired) electrons. The monoisotopic (exact) mass is 482 g/mol. The topological polar surface area (TPSA) is 66.7 Å². The molecule has 28 heavy (non-hydrogen) atoms. The molecule has 0 spiro atoms. The van der Waals surface area contributed by atoms with Crippen LogP contribution in [-0.2, 0) is 11.3 Å². The number of nitrogens with zero attached hydrogens (tertiary/aromatic N) is 3. The van der Waals surface area contributed by atoms with E-state index in [0.29, 0.717) is 40.2 Å². The minimum Gasteiger partial charge on any atom is -0.324 e. The Kier molecular flexibility index (Phi) is 6.72. The molecule has 0 atom stereocenters. The molecular weight excluding hydrogens is 467 g/mol. The summed E-state index contributed by atoms with van der Waals surface area (Å²) in [7, 11) is 0. The molecular formula is C19H17BrCl2N4O2. The van der Waals surface area contributed by atoms with E-state index < -0.39 is 0 Å². The fraction of sp³-hybridized carbons (Fsp3) is 0.211. The molecule has 0 saturated heterocycles. The van der Waals surface area contributed by atoms with Crippen LogP contribution in [0.15, 0.2) is 51.9 Å². The predicted molar refractivity (Wildman–Crippen MR) is 115 cm³/mol. The average Bonchev–Trinajstić information content (AvgIpc) is 2.65. The number of likely N-dealkylation sites (N-methyl/N-ethyl adjacent to an activating group) is 1. The lowest BCUT2D eigenvalue weighted by Crippen LogP contribution is -2.33. The SMILES string of the molecule is CCN(CC(=O)Nc1cc(Cl)ccc1Cl)Cc1cc(=O)n2cc(Br)ccc2n1. The second-order valence-electron chi connectivity index (χ2n) is 6.14. The van der Waals surface area contributed by atoms with Gasteiger partial charge in [-0.1, -0.05) is 30.1 Å². The van der Waals surface area contributed by atoms with Crippen LogP contribution >= 0.6 is 39.1 Å². The zero-order chi connectivity index (χ0) is 20.3. The third-order valence-electron chi connectivity index (χ3n) is 4.08. The van der Waals surface area contributed by atoms with Crippen molar-refractivity contribution in [3.8, 4) is 0 Å². The van der Waals surface area contributed by atoms with Crippen molar-refractivity contribution in [2.45, 2.75) is 13.5 Å². The van der Waals surface area contributed by atoms with Crippen molar-refractivity contribution in [1.82, 2.24) is 14.3 Å². The van der Waals surface area contributed by atoms with Gasteiger partial charge in [0.05, 0.1) is 22.9 Å². The highest BCUT2D eigenvalue weighted by molar-refractivity contribution is 9.10. The minimum absolute atomic E-state index is 0.126. The third-order valence-corrected chi connectivity index (χ3v) is 5.11. The van der Waals surface area contributed by atoms with Crippen LogP contribution in [0.25, 0.3) is 5.65 Å². The molecule has 2 aromatic heterocycles. The molecule has 6 nitrogen and oxygen atoms in total. The Morgan fingerprint density at radius 1 is 1.25 bits per heavy atom. The smallest absolute Gasteiger partial charge is 0.258 e. The largest absolute Gasteiger partial charge is 0.324 e. The summed E-state index contributed by atoms with van der Waals surface area (Å²) >= 11 is 15.4. The summed E-state index contributed by atoms with van der Waals surface area (Å²) in [6, 6.07) is 9.95. The molecule has 9 heteroatoms. The number of pyridine rings is 1. The number of hydrogen-bond acceptors (Lipinski definition) is 4. The van der Waals surface area contributed by atoms with Gasteiger partial charge < -0.3 is 5.32 Å². The summed E-state index contributed by atoms with van der Waals surface area (Å²) in [6.07, 6.45) is 1.67. The maximum atomic E-state index is 12.4. The van der Waals surface area contributed by atoms with Gasteiger partial charge in [0.2, 0.25) is 5.91 Å². The summed E-state index contributed by atoms with van der Waals surface area (Å²) in [5.41, 5.74) is 1.44. The Bertz CT molecular complexity index is 1090. The number of rotatable bonds is 6. The Balaban J connectivity index is 1.72. The number of fused-ring (bicyclic) bond motifs is 1. The van der Waals surface area contributed by atoms with Gasteiger partial charge in [-0.2, -0.15) is 0 Å². The van der Waals surface area contributed by atoms with Crippen LogP contribution in [0.2, 0.25) is 10.0 Å². The Morgan fingerprint density at radius 3 is 2.79 bits per heavy atom. The maximum Gasteiger partial charge on any atom is 0.258 e. The summed E-state index contributed by atoms with van der Waals surface area (Å²) in [5.74, 6) is -0.229. The van der Waals surface area contributed by atoms with Gasteiger partial charge in [-0.3, -0.25) is 18.9 Å². The lowest BCUT2D eigenvalue weighted by molar-refractivity contribution is -0.117. The maximum absolute atomic E-state index is 12.4. The van der Waals surface area contributed by atoms with Crippen LogP contribution in [0.1, 0.15) is 12.6 Å². The highest BCUT2D eigenvalue weighted by Crippen LogP contribution is 2.25. The molecule has 1 aromatic carbocycles. The molecule has 0 aliphatic rings. The first kappa shape index (κ1) is 20.8. The molecule has 0 aliphatic carbocycles. The van der Waals surface area contributed by atoms with Crippen molar-refractivity contribution in [1.29, 1.82) is 0 Å². The lowest BCUT2D eigenvalue weighted by Gasteiger charge is -2.20. The Labute approximate surface area is 180 Å². The van der Waals surface area contributed by atoms with Gasteiger partial charge in [0.25, 0.3) is 5.56 Å². The van der Waals surface area contributed by atoms with Gasteiger partial charge in [0, 0.05) is 28.3 Å². The lowest BCUT2D eigenvalue weighted by atomic mass is 10.3. The number of benzene rings is 1. The number of anilines is 1. The molecule has 2 heterocycles. The summed E-state index contributed by atoms with van der Waals surface area (Å²) < 4.78 is 2.26. The van der Waals surface area contributed by atoms with E-state index in [9.17, 15) is 9.59 Å². The predicted octanol–water partition coefficient (Wildman–Crippen LogP) is 4.22. The second-order valence-corrected chi connectivity index (χ2v) is 7.90. The van der Waals surface area contributed by atoms with Crippen LogP contribution in [0.5, 0.6) is 0 Å². The molecule has 0 fully saturated rings. The number of hydrogen-bond donors (Lipinski definition) is 1. The van der Waals surface area contributed by atoms with E-state index >= 15 is 0 Å². The van der Waals surface area contributed by atoms with E-state index in [1.54, 1.807) is 30.5 Å². The van der Waals surface area contributed by atoms with E-state index in [1.807, 2.05) is 17.9 Å². The van der Waals surface area contributed by atoms with Gasteiger partial charge in [-0.05, 0) is 52.8 Å². The van der Waals surface area contributed by atoms with Gasteiger partial charge in [0.15, 0.2) is 0 Å². The van der Waals surface area contributed by atoms with Crippen molar-refractivity contribution in [3.05, 3.63) is 73.2 Å². The molecule has 1 amide bonds. The Hall–Kier alpha value is -1.93. The fourth-order valence-electron chi connectivity index (χ4n) is 2.70. The number of amides is 1. The molecule has 3 aromatic rings. The fourth-order valence-corrected chi connectivity index (χ4v) is 3.38. The van der Waals surface area contributed by atoms with Crippen LogP contribution < -0.4 is 10.9 Å². The van der Waals surface area contributed by atoms with Crippen molar-refractivity contribution in [2.75, 3.05) is 18.4 Å². The number of nitrogens with one attached hydrogen (secondary N) is 1. The zero-order valence-electron chi connectivity index (χ0n) is 15.0. The second kappa shape index (κ2) is 9.05. The summed E-state index contributed by atoms with van der Waals surface area (Å²) in [6.45, 7) is 3.04. The van der Waals surface area contributed by atoms with Gasteiger partial charge in [-0.15, -0.1) is 0 Å². The quantitative estimate of drug-likeness (QED) is 0.569. The van der Waals surface area contributed by atoms with Crippen LogP contribution in [0.3, 0.4) is 0 Å². The molecule has 0 aliphatic heterocycles. The van der Waals surface area contributed by atoms with Crippen LogP contribution in [-0.4, -0.2) is 33.3 Å². The van der Waals surface area contributed by atoms with Crippen LogP contribution in [0.4, 0.5) is 5.69 Å². The van der Waals surface area contributed by atoms with E-state index in [1.165, 1.54) is 10.5 Å². The van der Waals surface area contributed by atoms with Crippen LogP contribution in [0, 0.1) is 0 Å². The molecule has 3 rings (SSSR count). The van der Waals surface area contributed by atoms with Crippen molar-refractivity contribution in [3.63, 3.8) is 0 Å². The van der Waals surface area contributed by atoms with E-state index in [-0.39, 0.29) is 18.0 Å². The zero-order valence-corrected chi connectivity index (χ0v) is 18.1. The Morgan fingerprint density at radius 2 is 2.04 bits per heavy atom. The molecule has 1 N–H and O–H groups in total. The highest BCUT2D eigenvalue weighted by Gasteiger charge is 2.13. The summed E-state index contributed by atoms with van der Waals surface area (Å²) in [5, 5.41) is 3.66. The highest BCUT2D eigenvalue weighted by atomic mass is 79.9. The summed E-state index contributed by atoms with van der Waals surface area (Å²) in [4.78, 5) is 31.1. The molecule has 146 valence electrons. The van der Waals surface area contributed by atoms with Gasteiger partial charge in [-0.25, -0.2) is 4.98 Å². The number of aromatic nitrogens is 2. The number of carbonyl (C=O) groups excluding carboxylic acids is 1. The first-order valence-corrected chi connectivity index (χ1v) is 10.1. The van der Waals surface area contributed by atoms with E-state index in [4.69, 9.17) is 23.2 Å². The van der Waals surface area contributed by atoms with Crippen molar-refractivity contribution < 1.29 is 4.79 Å². The minimum atomic E-state index is -0.229. The van der Waals surface area contributed by atoms with Gasteiger partial charge >= 0.3 is 0 Å². The molecule has 0 unspecified atom stereocenters. The van der Waals surface area contributed by atoms with E-state index in [2.05, 4.69) is 26.2 Å². The van der Waals surface area contributed by atoms with E-state index in [0.717, 1.165) is 4.47 Å². The standard InChI is InChI=1S/C19H17BrCl2N4O2/c1-2-25(11-18(27)24-16-7-13(21)4-5-15(16)22)10-14-8-19(28)26-9-12(20)3-6-17(26)23-14/h3-9H,2,10-11H2,1H3,(H,24,27). The molecule has 0 bridgehead atoms. The number of carbonyl (C=O) groups is 1.